The number of amides is 2. The van der Waals surface area contributed by atoms with Crippen molar-refractivity contribution in [1.82, 2.24) is 25.0 Å². The quantitative estimate of drug-likeness (QED) is 0.839. The lowest BCUT2D eigenvalue weighted by atomic mass is 10.2. The molecule has 1 unspecified atom stereocenters. The second-order valence-corrected chi connectivity index (χ2v) is 5.22. The summed E-state index contributed by atoms with van der Waals surface area (Å²) >= 11 is 0. The van der Waals surface area contributed by atoms with Crippen molar-refractivity contribution in [2.24, 2.45) is 0 Å². The molecule has 118 valence electrons. The van der Waals surface area contributed by atoms with Crippen LogP contribution in [0, 0.1) is 0 Å². The van der Waals surface area contributed by atoms with Gasteiger partial charge in [-0.2, -0.15) is 5.10 Å². The summed E-state index contributed by atoms with van der Waals surface area (Å²) in [5.41, 5.74) is 1.92. The molecule has 7 nitrogen and oxygen atoms in total. The van der Waals surface area contributed by atoms with Crippen LogP contribution in [0.25, 0.3) is 5.69 Å². The second-order valence-electron chi connectivity index (χ2n) is 5.22. The van der Waals surface area contributed by atoms with Gasteiger partial charge >= 0.3 is 6.03 Å². The van der Waals surface area contributed by atoms with E-state index in [0.717, 1.165) is 11.3 Å². The fourth-order valence-electron chi connectivity index (χ4n) is 1.90. The Labute approximate surface area is 129 Å². The molecule has 0 radical (unpaired) electrons. The lowest BCUT2D eigenvalue weighted by molar-refractivity contribution is 0.163. The van der Waals surface area contributed by atoms with E-state index in [4.69, 9.17) is 0 Å². The summed E-state index contributed by atoms with van der Waals surface area (Å²) in [5.74, 6) is 0. The number of aromatic nitrogens is 3. The Kier molecular flexibility index (Phi) is 5.48. The van der Waals surface area contributed by atoms with Crippen molar-refractivity contribution in [3.8, 4) is 5.69 Å². The zero-order valence-corrected chi connectivity index (χ0v) is 12.8. The third-order valence-corrected chi connectivity index (χ3v) is 3.29. The Balaban J connectivity index is 1.82. The van der Waals surface area contributed by atoms with Crippen LogP contribution in [-0.2, 0) is 6.54 Å². The van der Waals surface area contributed by atoms with Crippen molar-refractivity contribution in [2.45, 2.75) is 26.0 Å². The zero-order chi connectivity index (χ0) is 15.9. The number of hydrogen-bond acceptors (Lipinski definition) is 4. The third-order valence-electron chi connectivity index (χ3n) is 3.29. The summed E-state index contributed by atoms with van der Waals surface area (Å²) in [6, 6.07) is 7.57. The molecule has 1 atom stereocenters. The number of nitrogens with zero attached hydrogens (tertiary/aromatic N) is 4. The van der Waals surface area contributed by atoms with Crippen molar-refractivity contribution in [3.05, 3.63) is 42.5 Å². The smallest absolute Gasteiger partial charge is 0.317 e. The van der Waals surface area contributed by atoms with Crippen molar-refractivity contribution in [3.63, 3.8) is 0 Å². The van der Waals surface area contributed by atoms with Crippen LogP contribution in [-0.4, -0.2) is 50.5 Å². The van der Waals surface area contributed by atoms with Gasteiger partial charge in [0.25, 0.3) is 0 Å². The van der Waals surface area contributed by atoms with Gasteiger partial charge in [-0.05, 0) is 31.0 Å². The molecule has 2 N–H and O–H groups in total. The van der Waals surface area contributed by atoms with E-state index < -0.39 is 6.10 Å². The molecule has 0 saturated heterocycles. The molecular weight excluding hydrogens is 282 g/mol. The SMILES string of the molecule is CC(O)CCN(C)C(=O)NCc1ccc(-n2cncn2)cc1. The van der Waals surface area contributed by atoms with Crippen molar-refractivity contribution >= 4 is 6.03 Å². The monoisotopic (exact) mass is 303 g/mol. The van der Waals surface area contributed by atoms with E-state index in [2.05, 4.69) is 15.4 Å². The normalized spacial score (nSPS) is 12.0. The van der Waals surface area contributed by atoms with Crippen molar-refractivity contribution in [2.75, 3.05) is 13.6 Å². The van der Waals surface area contributed by atoms with E-state index in [1.807, 2.05) is 24.3 Å². The summed E-state index contributed by atoms with van der Waals surface area (Å²) in [7, 11) is 1.71. The highest BCUT2D eigenvalue weighted by Gasteiger charge is 2.09. The van der Waals surface area contributed by atoms with Crippen molar-refractivity contribution in [1.29, 1.82) is 0 Å². The first-order valence-electron chi connectivity index (χ1n) is 7.17. The van der Waals surface area contributed by atoms with Gasteiger partial charge < -0.3 is 15.3 Å². The fourth-order valence-corrected chi connectivity index (χ4v) is 1.90. The summed E-state index contributed by atoms with van der Waals surface area (Å²) in [4.78, 5) is 17.4. The summed E-state index contributed by atoms with van der Waals surface area (Å²) in [6.07, 6.45) is 3.28. The lowest BCUT2D eigenvalue weighted by Gasteiger charge is -2.18. The van der Waals surface area contributed by atoms with Gasteiger partial charge in [0.15, 0.2) is 0 Å². The number of aliphatic hydroxyl groups excluding tert-OH is 1. The Morgan fingerprint density at radius 2 is 2.14 bits per heavy atom. The maximum Gasteiger partial charge on any atom is 0.317 e. The van der Waals surface area contributed by atoms with E-state index in [0.29, 0.717) is 19.5 Å². The molecule has 0 bridgehead atoms. The van der Waals surface area contributed by atoms with Crippen LogP contribution in [0.4, 0.5) is 4.79 Å². The first-order chi connectivity index (χ1) is 10.6. The Morgan fingerprint density at radius 1 is 1.41 bits per heavy atom. The molecular formula is C15H21N5O2. The van der Waals surface area contributed by atoms with E-state index >= 15 is 0 Å². The molecule has 0 aliphatic rings. The van der Waals surface area contributed by atoms with E-state index in [1.54, 1.807) is 29.9 Å². The molecule has 1 aromatic heterocycles. The highest BCUT2D eigenvalue weighted by atomic mass is 16.3. The number of nitrogens with one attached hydrogen (secondary N) is 1. The fraction of sp³-hybridized carbons (Fsp3) is 0.400. The highest BCUT2D eigenvalue weighted by Crippen LogP contribution is 2.08. The minimum Gasteiger partial charge on any atom is -0.393 e. The third kappa shape index (κ3) is 4.56. The van der Waals surface area contributed by atoms with Gasteiger partial charge in [-0.15, -0.1) is 0 Å². The Morgan fingerprint density at radius 3 is 2.73 bits per heavy atom. The molecule has 0 aliphatic carbocycles. The topological polar surface area (TPSA) is 83.3 Å². The molecule has 2 amide bonds. The molecule has 22 heavy (non-hydrogen) atoms. The minimum absolute atomic E-state index is 0.152. The maximum absolute atomic E-state index is 11.9. The molecule has 0 fully saturated rings. The van der Waals surface area contributed by atoms with Crippen LogP contribution in [0.15, 0.2) is 36.9 Å². The number of hydrogen-bond donors (Lipinski definition) is 2. The average Bonchev–Trinajstić information content (AvgIpc) is 3.05. The number of carbonyl (C=O) groups is 1. The molecule has 2 aromatic rings. The number of aliphatic hydroxyl groups is 1. The van der Waals surface area contributed by atoms with E-state index in [-0.39, 0.29) is 6.03 Å². The first-order valence-corrected chi connectivity index (χ1v) is 7.17. The summed E-state index contributed by atoms with van der Waals surface area (Å²) in [5, 5.41) is 16.1. The van der Waals surface area contributed by atoms with Crippen LogP contribution in [0.5, 0.6) is 0 Å². The van der Waals surface area contributed by atoms with Gasteiger partial charge in [0, 0.05) is 20.1 Å². The van der Waals surface area contributed by atoms with E-state index in [9.17, 15) is 9.90 Å². The molecule has 2 rings (SSSR count). The molecule has 0 spiro atoms. The molecule has 1 aromatic carbocycles. The zero-order valence-electron chi connectivity index (χ0n) is 12.8. The number of benzene rings is 1. The lowest BCUT2D eigenvalue weighted by Crippen LogP contribution is -2.38. The predicted molar refractivity (Wildman–Crippen MR) is 82.5 cm³/mol. The van der Waals surface area contributed by atoms with Crippen LogP contribution in [0.1, 0.15) is 18.9 Å². The molecule has 0 saturated carbocycles. The van der Waals surface area contributed by atoms with Gasteiger partial charge in [-0.1, -0.05) is 12.1 Å². The molecule has 7 heteroatoms. The van der Waals surface area contributed by atoms with Crippen LogP contribution in [0.2, 0.25) is 0 Å². The summed E-state index contributed by atoms with van der Waals surface area (Å²) < 4.78 is 1.67. The van der Waals surface area contributed by atoms with Crippen LogP contribution < -0.4 is 5.32 Å². The van der Waals surface area contributed by atoms with E-state index in [1.165, 1.54) is 6.33 Å². The highest BCUT2D eigenvalue weighted by molar-refractivity contribution is 5.73. The minimum atomic E-state index is -0.403. The second kappa shape index (κ2) is 7.56. The number of rotatable bonds is 6. The Bertz CT molecular complexity index is 580. The number of urea groups is 1. The van der Waals surface area contributed by atoms with Gasteiger partial charge in [-0.3, -0.25) is 0 Å². The van der Waals surface area contributed by atoms with Crippen molar-refractivity contribution < 1.29 is 9.90 Å². The standard InChI is InChI=1S/C15H21N5O2/c1-12(21)7-8-19(2)15(22)17-9-13-3-5-14(6-4-13)20-11-16-10-18-20/h3-6,10-12,21H,7-9H2,1-2H3,(H,17,22). The van der Waals surface area contributed by atoms with Crippen LogP contribution >= 0.6 is 0 Å². The molecule has 0 aliphatic heterocycles. The van der Waals surface area contributed by atoms with Gasteiger partial charge in [-0.25, -0.2) is 14.5 Å². The Hall–Kier alpha value is -2.41. The maximum atomic E-state index is 11.9. The van der Waals surface area contributed by atoms with Crippen LogP contribution in [0.3, 0.4) is 0 Å². The largest absolute Gasteiger partial charge is 0.393 e. The summed E-state index contributed by atoms with van der Waals surface area (Å²) in [6.45, 7) is 2.69. The van der Waals surface area contributed by atoms with Gasteiger partial charge in [0.1, 0.15) is 12.7 Å². The number of carbonyl (C=O) groups excluding carboxylic acids is 1. The molecule has 1 heterocycles. The van der Waals surface area contributed by atoms with Gasteiger partial charge in [0.2, 0.25) is 0 Å². The first kappa shape index (κ1) is 16.0. The average molecular weight is 303 g/mol. The predicted octanol–water partition coefficient (Wildman–Crippen LogP) is 1.18. The van der Waals surface area contributed by atoms with Gasteiger partial charge in [0.05, 0.1) is 11.8 Å².